The first kappa shape index (κ1) is 14.6. The Hall–Kier alpha value is -2.36. The lowest BCUT2D eigenvalue weighted by atomic mass is 9.98. The maximum atomic E-state index is 13.1. The first-order chi connectivity index (χ1) is 10.6. The van der Waals surface area contributed by atoms with Gasteiger partial charge in [0.1, 0.15) is 11.9 Å². The molecule has 1 aliphatic heterocycles. The van der Waals surface area contributed by atoms with Gasteiger partial charge in [-0.05, 0) is 35.7 Å². The van der Waals surface area contributed by atoms with Crippen molar-refractivity contribution >= 4 is 17.3 Å². The Kier molecular flexibility index (Phi) is 3.84. The molecule has 1 unspecified atom stereocenters. The van der Waals surface area contributed by atoms with Gasteiger partial charge in [0, 0.05) is 0 Å². The molecule has 3 nitrogen and oxygen atoms in total. The number of rotatable bonds is 3. The van der Waals surface area contributed by atoms with Crippen LogP contribution in [-0.2, 0) is 11.3 Å². The number of carbonyl (C=O) groups is 1. The van der Waals surface area contributed by atoms with Crippen molar-refractivity contribution in [3.63, 3.8) is 0 Å². The van der Waals surface area contributed by atoms with Crippen molar-refractivity contribution in [3.8, 4) is 0 Å². The summed E-state index contributed by atoms with van der Waals surface area (Å²) in [5.74, 6) is -0.0227. The zero-order valence-electron chi connectivity index (χ0n) is 12.7. The first-order valence-electron chi connectivity index (χ1n) is 7.47. The number of hydrogen-bond donors (Lipinski definition) is 1. The predicted molar refractivity (Wildman–Crippen MR) is 86.3 cm³/mol. The van der Waals surface area contributed by atoms with E-state index in [0.29, 0.717) is 6.54 Å². The predicted octanol–water partition coefficient (Wildman–Crippen LogP) is 3.81. The van der Waals surface area contributed by atoms with Gasteiger partial charge in [-0.3, -0.25) is 4.79 Å². The summed E-state index contributed by atoms with van der Waals surface area (Å²) in [5, 5.41) is 3.32. The van der Waals surface area contributed by atoms with Crippen LogP contribution in [0.25, 0.3) is 0 Å². The molecule has 1 amide bonds. The lowest BCUT2D eigenvalue weighted by molar-refractivity contribution is -0.120. The fraction of sp³-hybridized carbons (Fsp3) is 0.278. The minimum atomic E-state index is -0.268. The Morgan fingerprint density at radius 3 is 2.50 bits per heavy atom. The molecule has 3 rings (SSSR count). The van der Waals surface area contributed by atoms with E-state index in [-0.39, 0.29) is 23.7 Å². The summed E-state index contributed by atoms with van der Waals surface area (Å²) in [6.07, 6.45) is 0. The van der Waals surface area contributed by atoms with Gasteiger partial charge >= 0.3 is 0 Å². The summed E-state index contributed by atoms with van der Waals surface area (Å²) in [6, 6.07) is 13.8. The first-order valence-corrected chi connectivity index (χ1v) is 7.47. The van der Waals surface area contributed by atoms with Crippen molar-refractivity contribution in [2.45, 2.75) is 26.4 Å². The number of benzene rings is 2. The van der Waals surface area contributed by atoms with Crippen LogP contribution in [0.2, 0.25) is 0 Å². The van der Waals surface area contributed by atoms with E-state index < -0.39 is 0 Å². The molecule has 1 aliphatic rings. The third kappa shape index (κ3) is 2.69. The SMILES string of the molecule is CC(C)C1Nc2ccccc2N(Cc2ccc(F)cc2)C1=O. The molecule has 114 valence electrons. The highest BCUT2D eigenvalue weighted by molar-refractivity contribution is 6.04. The molecule has 1 heterocycles. The molecule has 22 heavy (non-hydrogen) atoms. The number of hydrogen-bond acceptors (Lipinski definition) is 2. The second-order valence-electron chi connectivity index (χ2n) is 5.93. The molecule has 1 atom stereocenters. The third-order valence-electron chi connectivity index (χ3n) is 3.96. The van der Waals surface area contributed by atoms with Crippen LogP contribution in [0.1, 0.15) is 19.4 Å². The van der Waals surface area contributed by atoms with E-state index in [0.717, 1.165) is 16.9 Å². The Bertz CT molecular complexity index is 682. The average Bonchev–Trinajstić information content (AvgIpc) is 2.51. The second-order valence-corrected chi connectivity index (χ2v) is 5.93. The molecule has 0 fully saturated rings. The standard InChI is InChI=1S/C18H19FN2O/c1-12(2)17-18(22)21(11-13-7-9-14(19)10-8-13)16-6-4-3-5-15(16)20-17/h3-10,12,17,20H,11H2,1-2H3. The van der Waals surface area contributed by atoms with E-state index in [1.165, 1.54) is 12.1 Å². The average molecular weight is 298 g/mol. The number of amides is 1. The molecule has 0 saturated heterocycles. The van der Waals surface area contributed by atoms with Crippen LogP contribution in [0.15, 0.2) is 48.5 Å². The van der Waals surface area contributed by atoms with Crippen LogP contribution in [0.4, 0.5) is 15.8 Å². The lowest BCUT2D eigenvalue weighted by Crippen LogP contribution is -2.49. The van der Waals surface area contributed by atoms with Crippen molar-refractivity contribution in [3.05, 3.63) is 59.9 Å². The highest BCUT2D eigenvalue weighted by Gasteiger charge is 2.33. The van der Waals surface area contributed by atoms with Crippen LogP contribution < -0.4 is 10.2 Å². The molecule has 0 aromatic heterocycles. The summed E-state index contributed by atoms with van der Waals surface area (Å²) >= 11 is 0. The van der Waals surface area contributed by atoms with Gasteiger partial charge in [-0.2, -0.15) is 0 Å². The molecule has 0 radical (unpaired) electrons. The fourth-order valence-electron chi connectivity index (χ4n) is 2.73. The summed E-state index contributed by atoms with van der Waals surface area (Å²) < 4.78 is 13.1. The van der Waals surface area contributed by atoms with Gasteiger partial charge in [0.2, 0.25) is 5.91 Å². The quantitative estimate of drug-likeness (QED) is 0.934. The Morgan fingerprint density at radius 1 is 1.14 bits per heavy atom. The number of anilines is 2. The molecule has 4 heteroatoms. The van der Waals surface area contributed by atoms with Crippen molar-refractivity contribution in [1.29, 1.82) is 0 Å². The van der Waals surface area contributed by atoms with Gasteiger partial charge in [-0.25, -0.2) is 4.39 Å². The van der Waals surface area contributed by atoms with E-state index in [1.54, 1.807) is 17.0 Å². The molecular formula is C18H19FN2O. The van der Waals surface area contributed by atoms with Crippen molar-refractivity contribution < 1.29 is 9.18 Å². The van der Waals surface area contributed by atoms with Crippen molar-refractivity contribution in [2.24, 2.45) is 5.92 Å². The van der Waals surface area contributed by atoms with E-state index in [1.807, 2.05) is 38.1 Å². The van der Waals surface area contributed by atoms with Crippen molar-refractivity contribution in [1.82, 2.24) is 0 Å². The molecule has 0 aliphatic carbocycles. The van der Waals surface area contributed by atoms with Gasteiger partial charge in [0.25, 0.3) is 0 Å². The second kappa shape index (κ2) is 5.79. The lowest BCUT2D eigenvalue weighted by Gasteiger charge is -2.37. The van der Waals surface area contributed by atoms with Gasteiger partial charge in [-0.15, -0.1) is 0 Å². The Morgan fingerprint density at radius 2 is 1.82 bits per heavy atom. The summed E-state index contributed by atoms with van der Waals surface area (Å²) in [7, 11) is 0. The van der Waals surface area contributed by atoms with Crippen LogP contribution in [0.5, 0.6) is 0 Å². The minimum absolute atomic E-state index is 0.0537. The maximum Gasteiger partial charge on any atom is 0.250 e. The van der Waals surface area contributed by atoms with Crippen LogP contribution >= 0.6 is 0 Å². The summed E-state index contributed by atoms with van der Waals surface area (Å²) in [6.45, 7) is 4.50. The van der Waals surface area contributed by atoms with Crippen LogP contribution in [0.3, 0.4) is 0 Å². The zero-order chi connectivity index (χ0) is 15.7. The number of nitrogens with one attached hydrogen (secondary N) is 1. The zero-order valence-corrected chi connectivity index (χ0v) is 12.7. The normalized spacial score (nSPS) is 17.4. The maximum absolute atomic E-state index is 13.1. The molecule has 1 N–H and O–H groups in total. The molecule has 2 aromatic rings. The third-order valence-corrected chi connectivity index (χ3v) is 3.96. The Labute approximate surface area is 129 Å². The van der Waals surface area contributed by atoms with E-state index in [4.69, 9.17) is 0 Å². The minimum Gasteiger partial charge on any atom is -0.372 e. The monoisotopic (exact) mass is 298 g/mol. The van der Waals surface area contributed by atoms with E-state index in [2.05, 4.69) is 5.32 Å². The van der Waals surface area contributed by atoms with E-state index >= 15 is 0 Å². The van der Waals surface area contributed by atoms with Gasteiger partial charge in [0.05, 0.1) is 17.9 Å². The van der Waals surface area contributed by atoms with E-state index in [9.17, 15) is 9.18 Å². The molecule has 2 aromatic carbocycles. The molecule has 0 spiro atoms. The molecule has 0 bridgehead atoms. The summed E-state index contributed by atoms with van der Waals surface area (Å²) in [4.78, 5) is 14.6. The van der Waals surface area contributed by atoms with Crippen LogP contribution in [0, 0.1) is 11.7 Å². The van der Waals surface area contributed by atoms with Crippen LogP contribution in [-0.4, -0.2) is 11.9 Å². The highest BCUT2D eigenvalue weighted by atomic mass is 19.1. The summed E-state index contributed by atoms with van der Waals surface area (Å²) in [5.41, 5.74) is 2.74. The van der Waals surface area contributed by atoms with Crippen molar-refractivity contribution in [2.75, 3.05) is 10.2 Å². The number of halogens is 1. The number of fused-ring (bicyclic) bond motifs is 1. The number of para-hydroxylation sites is 2. The van der Waals surface area contributed by atoms with Gasteiger partial charge < -0.3 is 10.2 Å². The Balaban J connectivity index is 1.96. The highest BCUT2D eigenvalue weighted by Crippen LogP contribution is 2.34. The number of nitrogens with zero attached hydrogens (tertiary/aromatic N) is 1. The fourth-order valence-corrected chi connectivity index (χ4v) is 2.73. The largest absolute Gasteiger partial charge is 0.372 e. The topological polar surface area (TPSA) is 32.3 Å². The smallest absolute Gasteiger partial charge is 0.250 e. The van der Waals surface area contributed by atoms with Gasteiger partial charge in [-0.1, -0.05) is 38.1 Å². The van der Waals surface area contributed by atoms with Gasteiger partial charge in [0.15, 0.2) is 0 Å². The number of carbonyl (C=O) groups excluding carboxylic acids is 1. The molecule has 0 saturated carbocycles. The molecular weight excluding hydrogens is 279 g/mol.